The summed E-state index contributed by atoms with van der Waals surface area (Å²) in [5.41, 5.74) is 0. The van der Waals surface area contributed by atoms with Crippen molar-refractivity contribution in [2.45, 2.75) is 32.6 Å². The van der Waals surface area contributed by atoms with Crippen LogP contribution in [0, 0.1) is 5.92 Å². The zero-order valence-electron chi connectivity index (χ0n) is 9.55. The first kappa shape index (κ1) is 13.1. The number of unbranched alkanes of at least 4 members (excludes halogenated alkanes) is 1. The van der Waals surface area contributed by atoms with E-state index in [-0.39, 0.29) is 0 Å². The number of thioether (sulfide) groups is 1. The summed E-state index contributed by atoms with van der Waals surface area (Å²) in [5, 5.41) is 7.40. The molecule has 1 heterocycles. The molecule has 0 aromatic rings. The number of rotatable bonds is 5. The minimum Gasteiger partial charge on any atom is -0.363 e. The average molecular weight is 246 g/mol. The third-order valence-electron chi connectivity index (χ3n) is 2.71. The Hall–Kier alpha value is 0.0400. The maximum atomic E-state index is 5.21. The van der Waals surface area contributed by atoms with Crippen LogP contribution in [0.15, 0.2) is 0 Å². The summed E-state index contributed by atoms with van der Waals surface area (Å²) < 4.78 is 0. The van der Waals surface area contributed by atoms with E-state index in [0.717, 1.165) is 24.1 Å². The van der Waals surface area contributed by atoms with Crippen LogP contribution in [-0.4, -0.2) is 29.7 Å². The van der Waals surface area contributed by atoms with Crippen LogP contribution in [0.1, 0.15) is 32.6 Å². The zero-order chi connectivity index (χ0) is 10.9. The number of nitrogens with one attached hydrogen (secondary N) is 2. The van der Waals surface area contributed by atoms with Crippen LogP contribution >= 0.6 is 24.0 Å². The van der Waals surface area contributed by atoms with Crippen molar-refractivity contribution in [2.24, 2.45) is 5.92 Å². The smallest absolute Gasteiger partial charge is 0.166 e. The normalized spacial score (nSPS) is 17.4. The van der Waals surface area contributed by atoms with Crippen LogP contribution in [0.2, 0.25) is 0 Å². The topological polar surface area (TPSA) is 24.1 Å². The van der Waals surface area contributed by atoms with Gasteiger partial charge in [0.15, 0.2) is 5.11 Å². The lowest BCUT2D eigenvalue weighted by Crippen LogP contribution is -2.39. The van der Waals surface area contributed by atoms with E-state index in [1.807, 2.05) is 0 Å². The molecule has 0 aromatic heterocycles. The minimum atomic E-state index is 0.831. The monoisotopic (exact) mass is 246 g/mol. The fourth-order valence-corrected chi connectivity index (χ4v) is 3.02. The van der Waals surface area contributed by atoms with Crippen molar-refractivity contribution in [3.8, 4) is 0 Å². The number of hydrogen-bond donors (Lipinski definition) is 2. The van der Waals surface area contributed by atoms with Gasteiger partial charge in [0.1, 0.15) is 0 Å². The van der Waals surface area contributed by atoms with Crippen LogP contribution in [0.3, 0.4) is 0 Å². The Morgan fingerprint density at radius 3 is 2.73 bits per heavy atom. The van der Waals surface area contributed by atoms with Crippen LogP contribution in [-0.2, 0) is 0 Å². The zero-order valence-corrected chi connectivity index (χ0v) is 11.2. The van der Waals surface area contributed by atoms with Crippen molar-refractivity contribution in [1.29, 1.82) is 0 Å². The summed E-state index contributed by atoms with van der Waals surface area (Å²) in [6.45, 7) is 4.25. The third kappa shape index (κ3) is 6.25. The van der Waals surface area contributed by atoms with Gasteiger partial charge in [0, 0.05) is 13.1 Å². The molecule has 1 aliphatic heterocycles. The van der Waals surface area contributed by atoms with Gasteiger partial charge in [-0.2, -0.15) is 11.8 Å². The largest absolute Gasteiger partial charge is 0.363 e. The predicted molar refractivity (Wildman–Crippen MR) is 73.6 cm³/mol. The lowest BCUT2D eigenvalue weighted by Gasteiger charge is -2.22. The first-order valence-corrected chi connectivity index (χ1v) is 7.48. The van der Waals surface area contributed by atoms with Crippen LogP contribution in [0.4, 0.5) is 0 Å². The summed E-state index contributed by atoms with van der Waals surface area (Å²) in [7, 11) is 0. The first-order valence-electron chi connectivity index (χ1n) is 5.92. The summed E-state index contributed by atoms with van der Waals surface area (Å²) >= 11 is 7.28. The van der Waals surface area contributed by atoms with Gasteiger partial charge < -0.3 is 10.6 Å². The molecule has 1 saturated heterocycles. The van der Waals surface area contributed by atoms with E-state index in [1.165, 1.54) is 37.2 Å². The van der Waals surface area contributed by atoms with Crippen molar-refractivity contribution >= 4 is 29.1 Å². The van der Waals surface area contributed by atoms with E-state index in [4.69, 9.17) is 12.2 Å². The van der Waals surface area contributed by atoms with Crippen LogP contribution < -0.4 is 10.6 Å². The van der Waals surface area contributed by atoms with Gasteiger partial charge in [-0.15, -0.1) is 0 Å². The molecule has 0 atom stereocenters. The maximum absolute atomic E-state index is 5.21. The molecule has 0 aliphatic carbocycles. The molecule has 0 saturated carbocycles. The Balaban J connectivity index is 2.00. The van der Waals surface area contributed by atoms with Gasteiger partial charge in [-0.3, -0.25) is 0 Å². The molecule has 2 nitrogen and oxygen atoms in total. The Bertz CT molecular complexity index is 179. The van der Waals surface area contributed by atoms with E-state index in [2.05, 4.69) is 29.3 Å². The molecular formula is C11H22N2S2. The Morgan fingerprint density at radius 2 is 2.07 bits per heavy atom. The second kappa shape index (κ2) is 8.22. The first-order chi connectivity index (χ1) is 7.33. The molecule has 1 aliphatic rings. The molecule has 0 bridgehead atoms. The lowest BCUT2D eigenvalue weighted by atomic mass is 10.0. The Labute approximate surface area is 103 Å². The summed E-state index contributed by atoms with van der Waals surface area (Å²) in [6, 6.07) is 0. The minimum absolute atomic E-state index is 0.831. The SMILES string of the molecule is CCCCNC(=S)NCC1CCSCC1. The van der Waals surface area contributed by atoms with Gasteiger partial charge in [0.2, 0.25) is 0 Å². The van der Waals surface area contributed by atoms with Gasteiger partial charge in [-0.05, 0) is 48.9 Å². The van der Waals surface area contributed by atoms with E-state index >= 15 is 0 Å². The van der Waals surface area contributed by atoms with Gasteiger partial charge in [-0.1, -0.05) is 13.3 Å². The summed E-state index contributed by atoms with van der Waals surface area (Å²) in [6.07, 6.45) is 5.10. The molecule has 1 fully saturated rings. The molecule has 0 radical (unpaired) electrons. The molecule has 0 unspecified atom stereocenters. The molecule has 0 spiro atoms. The van der Waals surface area contributed by atoms with Gasteiger partial charge >= 0.3 is 0 Å². The second-order valence-corrected chi connectivity index (χ2v) is 5.68. The highest BCUT2D eigenvalue weighted by atomic mass is 32.2. The van der Waals surface area contributed by atoms with Crippen molar-refractivity contribution in [2.75, 3.05) is 24.6 Å². The fraction of sp³-hybridized carbons (Fsp3) is 0.909. The highest BCUT2D eigenvalue weighted by molar-refractivity contribution is 7.99. The summed E-state index contributed by atoms with van der Waals surface area (Å²) in [4.78, 5) is 0. The maximum Gasteiger partial charge on any atom is 0.166 e. The van der Waals surface area contributed by atoms with Crippen molar-refractivity contribution in [1.82, 2.24) is 10.6 Å². The van der Waals surface area contributed by atoms with Gasteiger partial charge in [0.25, 0.3) is 0 Å². The predicted octanol–water partition coefficient (Wildman–Crippen LogP) is 2.39. The van der Waals surface area contributed by atoms with E-state index in [9.17, 15) is 0 Å². The molecular weight excluding hydrogens is 224 g/mol. The van der Waals surface area contributed by atoms with Crippen molar-refractivity contribution in [3.05, 3.63) is 0 Å². The Kier molecular flexibility index (Phi) is 7.18. The molecule has 0 aromatic carbocycles. The molecule has 0 amide bonds. The standard InChI is InChI=1S/C11H22N2S2/c1-2-3-6-12-11(14)13-9-10-4-7-15-8-5-10/h10H,2-9H2,1H3,(H2,12,13,14). The fourth-order valence-electron chi connectivity index (χ4n) is 1.63. The molecule has 15 heavy (non-hydrogen) atoms. The van der Waals surface area contributed by atoms with Crippen LogP contribution in [0.25, 0.3) is 0 Å². The highest BCUT2D eigenvalue weighted by Crippen LogP contribution is 2.21. The number of hydrogen-bond acceptors (Lipinski definition) is 2. The van der Waals surface area contributed by atoms with E-state index in [1.54, 1.807) is 0 Å². The third-order valence-corrected chi connectivity index (χ3v) is 4.05. The second-order valence-electron chi connectivity index (χ2n) is 4.05. The van der Waals surface area contributed by atoms with E-state index < -0.39 is 0 Å². The summed E-state index contributed by atoms with van der Waals surface area (Å²) in [5.74, 6) is 3.47. The van der Waals surface area contributed by atoms with Gasteiger partial charge in [0.05, 0.1) is 0 Å². The van der Waals surface area contributed by atoms with Crippen molar-refractivity contribution in [3.63, 3.8) is 0 Å². The molecule has 88 valence electrons. The molecule has 4 heteroatoms. The van der Waals surface area contributed by atoms with Crippen molar-refractivity contribution < 1.29 is 0 Å². The lowest BCUT2D eigenvalue weighted by molar-refractivity contribution is 0.480. The van der Waals surface area contributed by atoms with Crippen LogP contribution in [0.5, 0.6) is 0 Å². The van der Waals surface area contributed by atoms with E-state index in [0.29, 0.717) is 0 Å². The molecule has 1 rings (SSSR count). The number of thiocarbonyl (C=S) groups is 1. The molecule has 2 N–H and O–H groups in total. The average Bonchev–Trinajstić information content (AvgIpc) is 2.28. The quantitative estimate of drug-likeness (QED) is 0.574. The highest BCUT2D eigenvalue weighted by Gasteiger charge is 2.13. The Morgan fingerprint density at radius 1 is 1.33 bits per heavy atom. The van der Waals surface area contributed by atoms with Gasteiger partial charge in [-0.25, -0.2) is 0 Å².